The average molecular weight is 436 g/mol. The Morgan fingerprint density at radius 3 is 2.87 bits per heavy atom. The standard InChI is InChI=1S/C21H26F2N4O4/c1-13-16(19(28)29-3)10-15(30-13)11-25-21(24-2)26-14-8-9-27(12-14)17-6-4-5-7-18(17)31-20(22)23/h4-7,10,14,20H,8-9,11-12H2,1-3H3,(H2,24,25,26). The molecule has 168 valence electrons. The summed E-state index contributed by atoms with van der Waals surface area (Å²) in [5.41, 5.74) is 1.02. The van der Waals surface area contributed by atoms with Gasteiger partial charge in [0, 0.05) is 26.2 Å². The highest BCUT2D eigenvalue weighted by molar-refractivity contribution is 5.90. The maximum Gasteiger partial charge on any atom is 0.387 e. The van der Waals surface area contributed by atoms with Crippen LogP contribution in [-0.2, 0) is 11.3 Å². The quantitative estimate of drug-likeness (QED) is 0.392. The van der Waals surface area contributed by atoms with Crippen LogP contribution in [0.5, 0.6) is 5.75 Å². The summed E-state index contributed by atoms with van der Waals surface area (Å²) < 4.78 is 40.3. The molecule has 0 radical (unpaired) electrons. The third-order valence-electron chi connectivity index (χ3n) is 4.98. The summed E-state index contributed by atoms with van der Waals surface area (Å²) in [6.45, 7) is 0.463. The molecule has 0 aliphatic carbocycles. The van der Waals surface area contributed by atoms with Gasteiger partial charge in [0.25, 0.3) is 0 Å². The molecule has 1 fully saturated rings. The summed E-state index contributed by atoms with van der Waals surface area (Å²) in [5.74, 6) is 1.35. The summed E-state index contributed by atoms with van der Waals surface area (Å²) in [7, 11) is 2.97. The van der Waals surface area contributed by atoms with E-state index >= 15 is 0 Å². The molecular formula is C21H26F2N4O4. The van der Waals surface area contributed by atoms with Crippen LogP contribution >= 0.6 is 0 Å². The monoisotopic (exact) mass is 436 g/mol. The first-order valence-corrected chi connectivity index (χ1v) is 9.84. The van der Waals surface area contributed by atoms with Gasteiger partial charge < -0.3 is 29.4 Å². The number of esters is 1. The second-order valence-electron chi connectivity index (χ2n) is 7.02. The number of hydrogen-bond acceptors (Lipinski definition) is 6. The van der Waals surface area contributed by atoms with Gasteiger partial charge in [-0.1, -0.05) is 12.1 Å². The van der Waals surface area contributed by atoms with Crippen LogP contribution in [0.15, 0.2) is 39.7 Å². The van der Waals surface area contributed by atoms with E-state index < -0.39 is 12.6 Å². The highest BCUT2D eigenvalue weighted by Crippen LogP contribution is 2.31. The maximum absolute atomic E-state index is 12.7. The van der Waals surface area contributed by atoms with E-state index in [1.54, 1.807) is 38.2 Å². The minimum absolute atomic E-state index is 0.0646. The summed E-state index contributed by atoms with van der Waals surface area (Å²) in [6, 6.07) is 8.47. The molecule has 1 aliphatic rings. The molecule has 2 heterocycles. The van der Waals surface area contributed by atoms with Crippen molar-refractivity contribution in [2.45, 2.75) is 32.5 Å². The van der Waals surface area contributed by atoms with Gasteiger partial charge in [0.05, 0.1) is 19.3 Å². The fourth-order valence-corrected chi connectivity index (χ4v) is 3.51. The number of methoxy groups -OCH3 is 1. The van der Waals surface area contributed by atoms with E-state index in [-0.39, 0.29) is 11.8 Å². The fourth-order valence-electron chi connectivity index (χ4n) is 3.51. The highest BCUT2D eigenvalue weighted by Gasteiger charge is 2.26. The van der Waals surface area contributed by atoms with Crippen molar-refractivity contribution in [3.63, 3.8) is 0 Å². The maximum atomic E-state index is 12.7. The van der Waals surface area contributed by atoms with Gasteiger partial charge >= 0.3 is 12.6 Å². The van der Waals surface area contributed by atoms with Gasteiger partial charge in [-0.15, -0.1) is 0 Å². The average Bonchev–Trinajstić information content (AvgIpc) is 3.36. The molecule has 0 bridgehead atoms. The fraction of sp³-hybridized carbons (Fsp3) is 0.429. The number of aliphatic imine (C=N–C) groups is 1. The largest absolute Gasteiger partial charge is 0.465 e. The predicted octanol–water partition coefficient (Wildman–Crippen LogP) is 2.92. The number of halogens is 2. The number of para-hydroxylation sites is 2. The zero-order chi connectivity index (χ0) is 22.4. The van der Waals surface area contributed by atoms with Crippen LogP contribution in [0.2, 0.25) is 0 Å². The summed E-state index contributed by atoms with van der Waals surface area (Å²) in [6.07, 6.45) is 0.802. The Bertz CT molecular complexity index is 932. The number of hydrogen-bond donors (Lipinski definition) is 2. The Labute approximate surface area is 179 Å². The number of alkyl halides is 2. The molecule has 31 heavy (non-hydrogen) atoms. The second-order valence-corrected chi connectivity index (χ2v) is 7.02. The van der Waals surface area contributed by atoms with Crippen LogP contribution in [0.1, 0.15) is 28.3 Å². The number of carbonyl (C=O) groups is 1. The summed E-state index contributed by atoms with van der Waals surface area (Å²) in [4.78, 5) is 17.9. The zero-order valence-electron chi connectivity index (χ0n) is 17.7. The Balaban J connectivity index is 1.56. The molecule has 0 amide bonds. The van der Waals surface area contributed by atoms with Crippen molar-refractivity contribution in [2.24, 2.45) is 4.99 Å². The predicted molar refractivity (Wildman–Crippen MR) is 112 cm³/mol. The van der Waals surface area contributed by atoms with Crippen LogP contribution in [0.25, 0.3) is 0 Å². The Morgan fingerprint density at radius 1 is 1.39 bits per heavy atom. The van der Waals surface area contributed by atoms with Crippen molar-refractivity contribution in [3.8, 4) is 5.75 Å². The number of rotatable bonds is 7. The number of benzene rings is 1. The lowest BCUT2D eigenvalue weighted by Gasteiger charge is -2.22. The number of furan rings is 1. The van der Waals surface area contributed by atoms with Gasteiger partial charge in [-0.25, -0.2) is 4.79 Å². The smallest absolute Gasteiger partial charge is 0.387 e. The SMILES string of the molecule is CN=C(NCc1cc(C(=O)OC)c(C)o1)NC1CCN(c2ccccc2OC(F)F)C1. The van der Waals surface area contributed by atoms with Gasteiger partial charge in [-0.2, -0.15) is 8.78 Å². The van der Waals surface area contributed by atoms with E-state index in [1.165, 1.54) is 13.2 Å². The van der Waals surface area contributed by atoms with Crippen molar-refractivity contribution < 1.29 is 27.5 Å². The second kappa shape index (κ2) is 10.1. The van der Waals surface area contributed by atoms with E-state index in [9.17, 15) is 13.6 Å². The molecule has 1 aromatic carbocycles. The molecule has 3 rings (SSSR count). The van der Waals surface area contributed by atoms with Crippen LogP contribution in [-0.4, -0.2) is 51.8 Å². The number of nitrogens with one attached hydrogen (secondary N) is 2. The first kappa shape index (κ1) is 22.4. The highest BCUT2D eigenvalue weighted by atomic mass is 19.3. The zero-order valence-corrected chi connectivity index (χ0v) is 17.7. The molecule has 0 spiro atoms. The number of guanidine groups is 1. The lowest BCUT2D eigenvalue weighted by Crippen LogP contribution is -2.44. The van der Waals surface area contributed by atoms with Gasteiger partial charge in [0.1, 0.15) is 22.8 Å². The number of anilines is 1. The molecule has 1 saturated heterocycles. The molecular weight excluding hydrogens is 410 g/mol. The van der Waals surface area contributed by atoms with Crippen molar-refractivity contribution in [3.05, 3.63) is 47.4 Å². The molecule has 1 atom stereocenters. The first-order chi connectivity index (χ1) is 14.9. The van der Waals surface area contributed by atoms with Gasteiger partial charge in [0.2, 0.25) is 0 Å². The Morgan fingerprint density at radius 2 is 2.16 bits per heavy atom. The molecule has 10 heteroatoms. The van der Waals surface area contributed by atoms with E-state index in [0.29, 0.717) is 48.4 Å². The molecule has 1 aromatic heterocycles. The Hall–Kier alpha value is -3.30. The van der Waals surface area contributed by atoms with Crippen molar-refractivity contribution >= 4 is 17.6 Å². The van der Waals surface area contributed by atoms with Gasteiger partial charge in [-0.3, -0.25) is 4.99 Å². The first-order valence-electron chi connectivity index (χ1n) is 9.84. The van der Waals surface area contributed by atoms with Crippen LogP contribution < -0.4 is 20.3 Å². The summed E-state index contributed by atoms with van der Waals surface area (Å²) in [5, 5.41) is 6.48. The topological polar surface area (TPSA) is 88.3 Å². The normalized spacial score (nSPS) is 16.5. The van der Waals surface area contributed by atoms with Crippen molar-refractivity contribution in [2.75, 3.05) is 32.1 Å². The molecule has 1 aliphatic heterocycles. The van der Waals surface area contributed by atoms with Crippen LogP contribution in [0.3, 0.4) is 0 Å². The lowest BCUT2D eigenvalue weighted by molar-refractivity contribution is -0.0495. The number of nitrogens with zero attached hydrogens (tertiary/aromatic N) is 2. The third-order valence-corrected chi connectivity index (χ3v) is 4.98. The Kier molecular flexibility index (Phi) is 7.32. The van der Waals surface area contributed by atoms with E-state index in [0.717, 1.165) is 6.42 Å². The minimum Gasteiger partial charge on any atom is -0.465 e. The number of aryl methyl sites for hydroxylation is 1. The van der Waals surface area contributed by atoms with Crippen molar-refractivity contribution in [1.29, 1.82) is 0 Å². The van der Waals surface area contributed by atoms with Gasteiger partial charge in [0.15, 0.2) is 5.96 Å². The van der Waals surface area contributed by atoms with E-state index in [1.807, 2.05) is 4.90 Å². The molecule has 1 unspecified atom stereocenters. The lowest BCUT2D eigenvalue weighted by atomic mass is 10.2. The molecule has 2 N–H and O–H groups in total. The van der Waals surface area contributed by atoms with Crippen LogP contribution in [0.4, 0.5) is 14.5 Å². The molecule has 2 aromatic rings. The van der Waals surface area contributed by atoms with Gasteiger partial charge in [-0.05, 0) is 31.5 Å². The van der Waals surface area contributed by atoms with E-state index in [2.05, 4.69) is 20.4 Å². The minimum atomic E-state index is -2.87. The number of ether oxygens (including phenoxy) is 2. The van der Waals surface area contributed by atoms with E-state index in [4.69, 9.17) is 9.15 Å². The summed E-state index contributed by atoms with van der Waals surface area (Å²) >= 11 is 0. The third kappa shape index (κ3) is 5.65. The van der Waals surface area contributed by atoms with Crippen LogP contribution in [0, 0.1) is 6.92 Å². The van der Waals surface area contributed by atoms with Crippen molar-refractivity contribution in [1.82, 2.24) is 10.6 Å². The molecule has 8 nitrogen and oxygen atoms in total. The molecule has 0 saturated carbocycles. The number of carbonyl (C=O) groups excluding carboxylic acids is 1.